The predicted octanol–water partition coefficient (Wildman–Crippen LogP) is 2.96. The standard InChI is InChI=1S/C16H16ClN3O3/c1-10-14(16(17)20(3)19-10)8-9-15(22)23-13-6-4-12(5-7-13)18-11(2)21/h4-9H,1-3H3,(H,18,21)/b9-8+. The Kier molecular flexibility index (Phi) is 5.18. The number of benzene rings is 1. The van der Waals surface area contributed by atoms with Crippen molar-refractivity contribution in [1.29, 1.82) is 0 Å². The molecule has 0 spiro atoms. The van der Waals surface area contributed by atoms with Gasteiger partial charge in [-0.15, -0.1) is 0 Å². The first-order chi connectivity index (χ1) is 10.9. The highest BCUT2D eigenvalue weighted by molar-refractivity contribution is 6.31. The largest absolute Gasteiger partial charge is 0.423 e. The third-order valence-corrected chi connectivity index (χ3v) is 3.42. The van der Waals surface area contributed by atoms with Crippen molar-refractivity contribution in [3.63, 3.8) is 0 Å². The molecule has 0 fully saturated rings. The number of carbonyl (C=O) groups is 2. The number of nitrogens with zero attached hydrogens (tertiary/aromatic N) is 2. The normalized spacial score (nSPS) is 10.8. The molecule has 2 rings (SSSR count). The van der Waals surface area contributed by atoms with Gasteiger partial charge in [0.1, 0.15) is 10.9 Å². The van der Waals surface area contributed by atoms with Crippen molar-refractivity contribution in [2.75, 3.05) is 5.32 Å². The maximum absolute atomic E-state index is 11.8. The number of amides is 1. The van der Waals surface area contributed by atoms with Crippen LogP contribution in [-0.4, -0.2) is 21.7 Å². The van der Waals surface area contributed by atoms with E-state index in [1.165, 1.54) is 17.7 Å². The molecule has 1 aromatic carbocycles. The molecule has 0 unspecified atom stereocenters. The molecule has 1 aromatic heterocycles. The molecule has 120 valence electrons. The van der Waals surface area contributed by atoms with E-state index in [0.717, 1.165) is 5.69 Å². The van der Waals surface area contributed by atoms with Crippen LogP contribution in [-0.2, 0) is 16.6 Å². The van der Waals surface area contributed by atoms with E-state index < -0.39 is 5.97 Å². The number of halogens is 1. The zero-order valence-corrected chi connectivity index (χ0v) is 13.7. The number of carbonyl (C=O) groups excluding carboxylic acids is 2. The Morgan fingerprint density at radius 1 is 1.30 bits per heavy atom. The van der Waals surface area contributed by atoms with E-state index in [2.05, 4.69) is 10.4 Å². The van der Waals surface area contributed by atoms with Gasteiger partial charge in [-0.25, -0.2) is 4.79 Å². The minimum Gasteiger partial charge on any atom is -0.423 e. The maximum atomic E-state index is 11.8. The molecule has 0 aliphatic carbocycles. The Morgan fingerprint density at radius 3 is 2.48 bits per heavy atom. The first-order valence-corrected chi connectivity index (χ1v) is 7.21. The third kappa shape index (κ3) is 4.43. The number of aryl methyl sites for hydroxylation is 2. The SMILES string of the molecule is CC(=O)Nc1ccc(OC(=O)/C=C/c2c(C)nn(C)c2Cl)cc1. The molecule has 0 aliphatic heterocycles. The van der Waals surface area contributed by atoms with Gasteiger partial charge >= 0.3 is 5.97 Å². The van der Waals surface area contributed by atoms with Gasteiger partial charge in [0, 0.05) is 31.3 Å². The molecule has 0 atom stereocenters. The summed E-state index contributed by atoms with van der Waals surface area (Å²) in [6.07, 6.45) is 2.86. The van der Waals surface area contributed by atoms with Gasteiger partial charge in [-0.1, -0.05) is 11.6 Å². The molecule has 23 heavy (non-hydrogen) atoms. The minimum absolute atomic E-state index is 0.165. The number of nitrogens with one attached hydrogen (secondary N) is 1. The molecule has 1 amide bonds. The number of esters is 1. The molecule has 0 aliphatic rings. The van der Waals surface area contributed by atoms with E-state index in [4.69, 9.17) is 16.3 Å². The molecule has 6 nitrogen and oxygen atoms in total. The highest BCUT2D eigenvalue weighted by Crippen LogP contribution is 2.20. The van der Waals surface area contributed by atoms with Gasteiger partial charge in [-0.2, -0.15) is 5.10 Å². The zero-order chi connectivity index (χ0) is 17.0. The van der Waals surface area contributed by atoms with Crippen LogP contribution in [0.3, 0.4) is 0 Å². The van der Waals surface area contributed by atoms with Crippen LogP contribution in [0.5, 0.6) is 5.75 Å². The lowest BCUT2D eigenvalue weighted by atomic mass is 10.2. The van der Waals surface area contributed by atoms with Crippen LogP contribution in [0, 0.1) is 6.92 Å². The summed E-state index contributed by atoms with van der Waals surface area (Å²) in [5.74, 6) is -0.319. The molecule has 2 aromatic rings. The first kappa shape index (κ1) is 16.8. The summed E-state index contributed by atoms with van der Waals surface area (Å²) in [6, 6.07) is 6.49. The highest BCUT2D eigenvalue weighted by Gasteiger charge is 2.09. The molecule has 1 heterocycles. The van der Waals surface area contributed by atoms with Crippen molar-refractivity contribution < 1.29 is 14.3 Å². The van der Waals surface area contributed by atoms with Crippen molar-refractivity contribution in [3.8, 4) is 5.75 Å². The van der Waals surface area contributed by atoms with E-state index >= 15 is 0 Å². The maximum Gasteiger partial charge on any atom is 0.336 e. The Hall–Kier alpha value is -2.60. The number of hydrogen-bond acceptors (Lipinski definition) is 4. The monoisotopic (exact) mass is 333 g/mol. The average molecular weight is 334 g/mol. The van der Waals surface area contributed by atoms with E-state index in [9.17, 15) is 9.59 Å². The van der Waals surface area contributed by atoms with Gasteiger partial charge in [-0.05, 0) is 37.3 Å². The second-order valence-corrected chi connectivity index (χ2v) is 5.23. The summed E-state index contributed by atoms with van der Waals surface area (Å²) in [7, 11) is 1.72. The van der Waals surface area contributed by atoms with E-state index in [-0.39, 0.29) is 5.91 Å². The van der Waals surface area contributed by atoms with Crippen molar-refractivity contribution in [2.45, 2.75) is 13.8 Å². The zero-order valence-electron chi connectivity index (χ0n) is 13.0. The van der Waals surface area contributed by atoms with Crippen molar-refractivity contribution >= 4 is 35.2 Å². The van der Waals surface area contributed by atoms with Crippen molar-refractivity contribution in [2.24, 2.45) is 7.05 Å². The number of aromatic nitrogens is 2. The number of anilines is 1. The fourth-order valence-corrected chi connectivity index (χ4v) is 2.18. The van der Waals surface area contributed by atoms with Crippen LogP contribution in [0.25, 0.3) is 6.08 Å². The third-order valence-electron chi connectivity index (χ3n) is 2.98. The van der Waals surface area contributed by atoms with Gasteiger partial charge in [0.2, 0.25) is 5.91 Å². The minimum atomic E-state index is -0.531. The summed E-state index contributed by atoms with van der Waals surface area (Å²) >= 11 is 6.08. The second-order valence-electron chi connectivity index (χ2n) is 4.87. The van der Waals surface area contributed by atoms with E-state index in [1.807, 2.05) is 0 Å². The number of ether oxygens (including phenoxy) is 1. The lowest BCUT2D eigenvalue weighted by Crippen LogP contribution is -2.06. The second kappa shape index (κ2) is 7.11. The van der Waals surface area contributed by atoms with Gasteiger partial charge in [0.25, 0.3) is 0 Å². The van der Waals surface area contributed by atoms with Crippen molar-refractivity contribution in [3.05, 3.63) is 46.8 Å². The topological polar surface area (TPSA) is 73.2 Å². The summed E-state index contributed by atoms with van der Waals surface area (Å²) in [5.41, 5.74) is 2.03. The van der Waals surface area contributed by atoms with Crippen LogP contribution in [0.15, 0.2) is 30.3 Å². The Bertz CT molecular complexity index is 764. The van der Waals surface area contributed by atoms with Gasteiger partial charge in [0.15, 0.2) is 0 Å². The summed E-state index contributed by atoms with van der Waals surface area (Å²) in [4.78, 5) is 22.8. The van der Waals surface area contributed by atoms with Gasteiger partial charge in [0.05, 0.1) is 5.69 Å². The van der Waals surface area contributed by atoms with Crippen molar-refractivity contribution in [1.82, 2.24) is 9.78 Å². The summed E-state index contributed by atoms with van der Waals surface area (Å²) < 4.78 is 6.70. The smallest absolute Gasteiger partial charge is 0.336 e. The summed E-state index contributed by atoms with van der Waals surface area (Å²) in [5, 5.41) is 7.23. The fourth-order valence-electron chi connectivity index (χ4n) is 1.95. The molecule has 7 heteroatoms. The quantitative estimate of drug-likeness (QED) is 0.530. The summed E-state index contributed by atoms with van der Waals surface area (Å²) in [6.45, 7) is 3.22. The molecular formula is C16H16ClN3O3. The van der Waals surface area contributed by atoms with Crippen LogP contribution < -0.4 is 10.1 Å². The predicted molar refractivity (Wildman–Crippen MR) is 88.4 cm³/mol. The lowest BCUT2D eigenvalue weighted by Gasteiger charge is -2.04. The first-order valence-electron chi connectivity index (χ1n) is 6.83. The Morgan fingerprint density at radius 2 is 1.96 bits per heavy atom. The molecule has 1 N–H and O–H groups in total. The average Bonchev–Trinajstić information content (AvgIpc) is 2.72. The van der Waals surface area contributed by atoms with Crippen LogP contribution in [0.2, 0.25) is 5.15 Å². The van der Waals surface area contributed by atoms with Crippen LogP contribution in [0.4, 0.5) is 5.69 Å². The van der Waals surface area contributed by atoms with E-state index in [0.29, 0.717) is 22.2 Å². The Labute approximate surface area is 138 Å². The van der Waals surface area contributed by atoms with Crippen LogP contribution >= 0.6 is 11.6 Å². The molecule has 0 radical (unpaired) electrons. The number of hydrogen-bond donors (Lipinski definition) is 1. The molecule has 0 bridgehead atoms. The highest BCUT2D eigenvalue weighted by atomic mass is 35.5. The number of rotatable bonds is 4. The molecular weight excluding hydrogens is 318 g/mol. The fraction of sp³-hybridized carbons (Fsp3) is 0.188. The molecule has 0 saturated carbocycles. The Balaban J connectivity index is 2.01. The van der Waals surface area contributed by atoms with Gasteiger partial charge in [-0.3, -0.25) is 9.48 Å². The van der Waals surface area contributed by atoms with Crippen LogP contribution in [0.1, 0.15) is 18.2 Å². The van der Waals surface area contributed by atoms with E-state index in [1.54, 1.807) is 44.3 Å². The molecule has 0 saturated heterocycles. The van der Waals surface area contributed by atoms with Gasteiger partial charge < -0.3 is 10.1 Å². The lowest BCUT2D eigenvalue weighted by molar-refractivity contribution is -0.128.